The van der Waals surface area contributed by atoms with Crippen molar-refractivity contribution < 1.29 is 14.3 Å². The molecule has 0 fully saturated rings. The lowest BCUT2D eigenvalue weighted by atomic mass is 9.86. The van der Waals surface area contributed by atoms with Crippen LogP contribution in [0.25, 0.3) is 10.9 Å². The molecule has 0 saturated carbocycles. The monoisotopic (exact) mass is 582 g/mol. The van der Waals surface area contributed by atoms with E-state index in [1.165, 1.54) is 47.5 Å². The largest absolute Gasteiger partial charge is 0.488 e. The molecule has 1 aliphatic rings. The number of ether oxygens (including phenoxy) is 2. The summed E-state index contributed by atoms with van der Waals surface area (Å²) in [6.45, 7) is 23.5. The van der Waals surface area contributed by atoms with Gasteiger partial charge in [0.1, 0.15) is 22.7 Å². The van der Waals surface area contributed by atoms with Gasteiger partial charge in [0.25, 0.3) is 0 Å². The zero-order valence-electron chi connectivity index (χ0n) is 27.6. The van der Waals surface area contributed by atoms with E-state index < -0.39 is 0 Å². The van der Waals surface area contributed by atoms with Crippen LogP contribution in [0.1, 0.15) is 79.9 Å². The van der Waals surface area contributed by atoms with E-state index in [0.29, 0.717) is 5.69 Å². The van der Waals surface area contributed by atoms with E-state index >= 15 is 0 Å². The first-order valence-electron chi connectivity index (χ1n) is 15.1. The van der Waals surface area contributed by atoms with Crippen molar-refractivity contribution in [2.75, 3.05) is 5.32 Å². The molecule has 0 unspecified atom stereocenters. The molecule has 0 radical (unpaired) electrons. The van der Waals surface area contributed by atoms with Gasteiger partial charge in [-0.2, -0.15) is 0 Å². The number of para-hydroxylation sites is 2. The maximum Gasteiger partial charge on any atom is 0.247 e. The van der Waals surface area contributed by atoms with Crippen molar-refractivity contribution in [2.45, 2.75) is 98.3 Å². The summed E-state index contributed by atoms with van der Waals surface area (Å²) in [5, 5.41) is 4.14. The van der Waals surface area contributed by atoms with Crippen LogP contribution >= 0.6 is 0 Å². The molecule has 5 rings (SSSR count). The molecule has 2 heterocycles. The second kappa shape index (κ2) is 14.0. The first kappa shape index (κ1) is 33.5. The topological polar surface area (TPSA) is 52.5 Å². The van der Waals surface area contributed by atoms with Gasteiger partial charge in [0, 0.05) is 29.9 Å². The van der Waals surface area contributed by atoms with Gasteiger partial charge in [-0.1, -0.05) is 69.8 Å². The van der Waals surface area contributed by atoms with Crippen molar-refractivity contribution in [1.82, 2.24) is 4.57 Å². The molecule has 0 saturated heterocycles. The molecule has 1 aromatic heterocycles. The highest BCUT2D eigenvalue weighted by molar-refractivity contribution is 5.98. The highest BCUT2D eigenvalue weighted by Gasteiger charge is 2.22. The second-order valence-corrected chi connectivity index (χ2v) is 13.9. The first-order valence-corrected chi connectivity index (χ1v) is 15.1. The van der Waals surface area contributed by atoms with Crippen molar-refractivity contribution in [3.05, 3.63) is 103 Å². The summed E-state index contributed by atoms with van der Waals surface area (Å²) in [6.07, 6.45) is 6.12. The third-order valence-corrected chi connectivity index (χ3v) is 6.51. The Morgan fingerprint density at radius 3 is 2.02 bits per heavy atom. The number of amides is 1. The number of benzene rings is 3. The van der Waals surface area contributed by atoms with Gasteiger partial charge >= 0.3 is 0 Å². The SMILES string of the molecule is C=CC(=O)Nc1cccc(OC(C)(C)C)c1.CC(C)(C)Oc1ccccc1.CC(C)(C)c1cn2c3c(cccc13)CCC2. The zero-order chi connectivity index (χ0) is 31.8. The number of anilines is 1. The smallest absolute Gasteiger partial charge is 0.247 e. The average Bonchev–Trinajstić information content (AvgIpc) is 3.30. The lowest BCUT2D eigenvalue weighted by molar-refractivity contribution is -0.111. The highest BCUT2D eigenvalue weighted by atomic mass is 16.5. The van der Waals surface area contributed by atoms with E-state index in [4.69, 9.17) is 9.47 Å². The van der Waals surface area contributed by atoms with Crippen molar-refractivity contribution in [1.29, 1.82) is 0 Å². The molecule has 0 spiro atoms. The van der Waals surface area contributed by atoms with Gasteiger partial charge in [0.05, 0.1) is 5.52 Å². The van der Waals surface area contributed by atoms with Gasteiger partial charge in [0.15, 0.2) is 0 Å². The number of hydrogen-bond donors (Lipinski definition) is 1. The summed E-state index contributed by atoms with van der Waals surface area (Å²) in [6, 6.07) is 23.9. The van der Waals surface area contributed by atoms with Crippen molar-refractivity contribution in [2.24, 2.45) is 0 Å². The Kier molecular flexibility index (Phi) is 10.9. The molecule has 5 heteroatoms. The maximum atomic E-state index is 11.1. The minimum absolute atomic E-state index is 0.0959. The Bertz CT molecular complexity index is 1500. The predicted molar refractivity (Wildman–Crippen MR) is 181 cm³/mol. The van der Waals surface area contributed by atoms with Crippen LogP contribution in [0.2, 0.25) is 0 Å². The Morgan fingerprint density at radius 2 is 1.42 bits per heavy atom. The lowest BCUT2D eigenvalue weighted by Gasteiger charge is -2.21. The van der Waals surface area contributed by atoms with Crippen molar-refractivity contribution >= 4 is 22.5 Å². The number of nitrogens with zero attached hydrogens (tertiary/aromatic N) is 1. The van der Waals surface area contributed by atoms with E-state index in [-0.39, 0.29) is 22.5 Å². The fourth-order valence-electron chi connectivity index (χ4n) is 4.88. The Balaban J connectivity index is 0.000000180. The normalized spacial score (nSPS) is 12.7. The fourth-order valence-corrected chi connectivity index (χ4v) is 4.88. The number of aromatic nitrogens is 1. The van der Waals surface area contributed by atoms with Gasteiger partial charge in [-0.05, 0) is 101 Å². The van der Waals surface area contributed by atoms with E-state index in [9.17, 15) is 4.79 Å². The maximum absolute atomic E-state index is 11.1. The number of hydrogen-bond acceptors (Lipinski definition) is 3. The number of carbonyl (C=O) groups is 1. The predicted octanol–water partition coefficient (Wildman–Crippen LogP) is 9.74. The molecule has 1 N–H and O–H groups in total. The van der Waals surface area contributed by atoms with E-state index in [0.717, 1.165) is 11.5 Å². The third-order valence-electron chi connectivity index (χ3n) is 6.51. The minimum Gasteiger partial charge on any atom is -0.488 e. The summed E-state index contributed by atoms with van der Waals surface area (Å²) < 4.78 is 13.7. The zero-order valence-corrected chi connectivity index (χ0v) is 27.6. The van der Waals surface area contributed by atoms with Crippen LogP contribution in [0.15, 0.2) is 91.6 Å². The molecule has 1 aliphatic heterocycles. The molecule has 0 aliphatic carbocycles. The molecule has 230 valence electrons. The molecule has 0 atom stereocenters. The summed E-state index contributed by atoms with van der Waals surface area (Å²) in [4.78, 5) is 11.1. The van der Waals surface area contributed by atoms with Gasteiger partial charge < -0.3 is 19.4 Å². The minimum atomic E-state index is -0.249. The van der Waals surface area contributed by atoms with Crippen LogP contribution < -0.4 is 14.8 Å². The van der Waals surface area contributed by atoms with Gasteiger partial charge in [-0.3, -0.25) is 4.79 Å². The van der Waals surface area contributed by atoms with Gasteiger partial charge in [-0.15, -0.1) is 0 Å². The molecular formula is C38H50N2O3. The molecule has 43 heavy (non-hydrogen) atoms. The molecule has 1 amide bonds. The van der Waals surface area contributed by atoms with Crippen LogP contribution in [0.5, 0.6) is 11.5 Å². The summed E-state index contributed by atoms with van der Waals surface area (Å²) >= 11 is 0. The van der Waals surface area contributed by atoms with Crippen LogP contribution in [-0.4, -0.2) is 21.7 Å². The second-order valence-electron chi connectivity index (χ2n) is 13.9. The van der Waals surface area contributed by atoms with Crippen LogP contribution in [0.3, 0.4) is 0 Å². The quantitative estimate of drug-likeness (QED) is 0.244. The average molecular weight is 583 g/mol. The first-order chi connectivity index (χ1) is 20.1. The van der Waals surface area contributed by atoms with Crippen LogP contribution in [-0.2, 0) is 23.2 Å². The standard InChI is InChI=1S/C15H19N.C13H17NO2.C10H14O/c1-15(2,3)13-10-16-9-5-7-11-6-4-8-12(13)14(11)16;1-5-12(15)14-10-7-6-8-11(9-10)16-13(2,3)4;1-10(2,3)11-9-7-5-4-6-8-9/h4,6,8,10H,5,7,9H2,1-3H3;5-9H,1H2,2-4H3,(H,14,15);4-8H,1-3H3. The van der Waals surface area contributed by atoms with Crippen molar-refractivity contribution in [3.8, 4) is 11.5 Å². The highest BCUT2D eigenvalue weighted by Crippen LogP contribution is 2.35. The number of nitrogens with one attached hydrogen (secondary N) is 1. The van der Waals surface area contributed by atoms with Crippen molar-refractivity contribution in [3.63, 3.8) is 0 Å². The number of carbonyl (C=O) groups excluding carboxylic acids is 1. The lowest BCUT2D eigenvalue weighted by Crippen LogP contribution is -2.23. The molecule has 0 bridgehead atoms. The Labute approximate surface area is 258 Å². The third kappa shape index (κ3) is 10.7. The molecule has 5 nitrogen and oxygen atoms in total. The number of aryl methyl sites for hydroxylation is 2. The fraction of sp³-hybridized carbons (Fsp3) is 0.395. The summed E-state index contributed by atoms with van der Waals surface area (Å²) in [5.74, 6) is 1.43. The Morgan fingerprint density at radius 1 is 0.814 bits per heavy atom. The van der Waals surface area contributed by atoms with E-state index in [2.05, 4.69) is 61.6 Å². The Hall–Kier alpha value is -3.99. The molecular weight excluding hydrogens is 532 g/mol. The van der Waals surface area contributed by atoms with E-state index in [1.807, 2.05) is 84.0 Å². The summed E-state index contributed by atoms with van der Waals surface area (Å²) in [5.41, 5.74) is 5.10. The molecule has 4 aromatic rings. The van der Waals surface area contributed by atoms with Gasteiger partial charge in [0.2, 0.25) is 5.91 Å². The van der Waals surface area contributed by atoms with Crippen LogP contribution in [0, 0.1) is 0 Å². The van der Waals surface area contributed by atoms with Gasteiger partial charge in [-0.25, -0.2) is 0 Å². The van der Waals surface area contributed by atoms with E-state index in [1.54, 1.807) is 12.1 Å². The molecule has 3 aromatic carbocycles. The summed E-state index contributed by atoms with van der Waals surface area (Å²) in [7, 11) is 0. The van der Waals surface area contributed by atoms with Crippen LogP contribution in [0.4, 0.5) is 5.69 Å². The number of rotatable bonds is 4.